The lowest BCUT2D eigenvalue weighted by molar-refractivity contribution is -0.146. The van der Waals surface area contributed by atoms with Crippen molar-refractivity contribution in [2.45, 2.75) is 26.3 Å². The number of nitrogens with one attached hydrogen (secondary N) is 1. The first-order chi connectivity index (χ1) is 12.4. The van der Waals surface area contributed by atoms with E-state index in [0.29, 0.717) is 22.8 Å². The molecule has 1 aromatic carbocycles. The molecule has 0 aromatic heterocycles. The van der Waals surface area contributed by atoms with Gasteiger partial charge in [0, 0.05) is 6.08 Å². The first-order valence-electron chi connectivity index (χ1n) is 8.28. The summed E-state index contributed by atoms with van der Waals surface area (Å²) in [5.74, 6) is 0.543. The fraction of sp³-hybridized carbons (Fsp3) is 0.474. The van der Waals surface area contributed by atoms with Crippen LogP contribution >= 0.6 is 0 Å². The number of hydrogen-bond acceptors (Lipinski definition) is 6. The molecule has 0 unspecified atom stereocenters. The van der Waals surface area contributed by atoms with Crippen molar-refractivity contribution in [2.24, 2.45) is 5.92 Å². The Morgan fingerprint density at radius 2 is 1.65 bits per heavy atom. The maximum Gasteiger partial charge on any atom is 0.328 e. The molecule has 7 nitrogen and oxygen atoms in total. The van der Waals surface area contributed by atoms with Crippen molar-refractivity contribution in [2.75, 3.05) is 28.4 Å². The van der Waals surface area contributed by atoms with Gasteiger partial charge < -0.3 is 24.3 Å². The van der Waals surface area contributed by atoms with E-state index in [1.54, 1.807) is 18.2 Å². The molecule has 7 heteroatoms. The topological polar surface area (TPSA) is 83.1 Å². The Hall–Kier alpha value is -2.70. The van der Waals surface area contributed by atoms with E-state index in [-0.39, 0.29) is 5.92 Å². The van der Waals surface area contributed by atoms with Gasteiger partial charge in [0.1, 0.15) is 6.04 Å². The Labute approximate surface area is 154 Å². The Morgan fingerprint density at radius 3 is 2.08 bits per heavy atom. The van der Waals surface area contributed by atoms with E-state index >= 15 is 0 Å². The number of carbonyl (C=O) groups is 2. The predicted molar refractivity (Wildman–Crippen MR) is 98.5 cm³/mol. The molecule has 0 fully saturated rings. The molecule has 26 heavy (non-hydrogen) atoms. The predicted octanol–water partition coefficient (Wildman–Crippen LogP) is 2.43. The number of methoxy groups -OCH3 is 4. The Bertz CT molecular complexity index is 630. The van der Waals surface area contributed by atoms with Crippen molar-refractivity contribution in [1.29, 1.82) is 0 Å². The van der Waals surface area contributed by atoms with Gasteiger partial charge in [0.15, 0.2) is 11.5 Å². The molecule has 1 rings (SSSR count). The van der Waals surface area contributed by atoms with Gasteiger partial charge in [-0.25, -0.2) is 4.79 Å². The van der Waals surface area contributed by atoms with Crippen LogP contribution in [0.1, 0.15) is 25.8 Å². The third kappa shape index (κ3) is 5.40. The highest BCUT2D eigenvalue weighted by atomic mass is 16.5. The van der Waals surface area contributed by atoms with Gasteiger partial charge in [-0.3, -0.25) is 4.79 Å². The Kier molecular flexibility index (Phi) is 8.48. The number of carbonyl (C=O) groups excluding carboxylic acids is 2. The molecule has 1 amide bonds. The van der Waals surface area contributed by atoms with Gasteiger partial charge in [0.05, 0.1) is 28.4 Å². The smallest absolute Gasteiger partial charge is 0.328 e. The maximum absolute atomic E-state index is 12.2. The van der Waals surface area contributed by atoms with E-state index < -0.39 is 17.9 Å². The van der Waals surface area contributed by atoms with E-state index in [0.717, 1.165) is 6.42 Å². The molecule has 0 aliphatic rings. The second-order valence-electron chi connectivity index (χ2n) is 5.69. The van der Waals surface area contributed by atoms with E-state index in [9.17, 15) is 9.59 Å². The minimum absolute atomic E-state index is 0.0408. The summed E-state index contributed by atoms with van der Waals surface area (Å²) < 4.78 is 20.6. The molecule has 0 aliphatic heterocycles. The molecule has 1 N–H and O–H groups in total. The molecule has 0 heterocycles. The number of rotatable bonds is 9. The maximum atomic E-state index is 12.2. The van der Waals surface area contributed by atoms with Gasteiger partial charge in [-0.15, -0.1) is 0 Å². The Morgan fingerprint density at radius 1 is 1.08 bits per heavy atom. The highest BCUT2D eigenvalue weighted by Crippen LogP contribution is 2.38. The van der Waals surface area contributed by atoms with E-state index in [1.165, 1.54) is 34.5 Å². The van der Waals surface area contributed by atoms with Gasteiger partial charge in [0.2, 0.25) is 11.7 Å². The van der Waals surface area contributed by atoms with Gasteiger partial charge >= 0.3 is 5.97 Å². The van der Waals surface area contributed by atoms with E-state index in [2.05, 4.69) is 5.32 Å². The number of benzene rings is 1. The van der Waals surface area contributed by atoms with Crippen molar-refractivity contribution in [1.82, 2.24) is 5.32 Å². The number of hydrogen-bond donors (Lipinski definition) is 1. The van der Waals surface area contributed by atoms with Crippen LogP contribution in [-0.4, -0.2) is 46.4 Å². The second-order valence-corrected chi connectivity index (χ2v) is 5.69. The molecule has 0 spiro atoms. The molecule has 0 saturated heterocycles. The summed E-state index contributed by atoms with van der Waals surface area (Å²) in [5, 5.41) is 2.68. The SMILES string of the molecule is CC[C@H](C)[C@@H](NC(=O)/C=C/c1cc(OC)c(OC)c(OC)c1)C(=O)OC. The van der Waals surface area contributed by atoms with Gasteiger partial charge in [-0.1, -0.05) is 20.3 Å². The summed E-state index contributed by atoms with van der Waals surface area (Å²) in [6, 6.07) is 2.75. The van der Waals surface area contributed by atoms with Crippen molar-refractivity contribution in [3.63, 3.8) is 0 Å². The molecule has 1 aromatic rings. The minimum atomic E-state index is -0.693. The van der Waals surface area contributed by atoms with Crippen LogP contribution in [-0.2, 0) is 14.3 Å². The summed E-state index contributed by atoms with van der Waals surface area (Å²) in [6.07, 6.45) is 3.68. The lowest BCUT2D eigenvalue weighted by Crippen LogP contribution is -2.45. The number of esters is 1. The average molecular weight is 365 g/mol. The summed E-state index contributed by atoms with van der Waals surface area (Å²) in [5.41, 5.74) is 0.688. The zero-order chi connectivity index (χ0) is 19.7. The molecule has 0 radical (unpaired) electrons. The quantitative estimate of drug-likeness (QED) is 0.535. The first-order valence-corrected chi connectivity index (χ1v) is 8.28. The number of amides is 1. The molecule has 0 bridgehead atoms. The molecular weight excluding hydrogens is 338 g/mol. The third-order valence-electron chi connectivity index (χ3n) is 4.08. The molecule has 144 valence electrons. The van der Waals surface area contributed by atoms with Crippen molar-refractivity contribution < 1.29 is 28.5 Å². The molecule has 0 saturated carbocycles. The van der Waals surface area contributed by atoms with Crippen molar-refractivity contribution in [3.8, 4) is 17.2 Å². The second kappa shape index (κ2) is 10.3. The lowest BCUT2D eigenvalue weighted by atomic mass is 9.99. The van der Waals surface area contributed by atoms with Gasteiger partial charge in [0.25, 0.3) is 0 Å². The fourth-order valence-electron chi connectivity index (χ4n) is 2.37. The van der Waals surface area contributed by atoms with Crippen LogP contribution in [0.25, 0.3) is 6.08 Å². The molecule has 2 atom stereocenters. The van der Waals surface area contributed by atoms with Crippen LogP contribution in [0.4, 0.5) is 0 Å². The van der Waals surface area contributed by atoms with Crippen LogP contribution in [0.15, 0.2) is 18.2 Å². The van der Waals surface area contributed by atoms with Crippen LogP contribution in [0.2, 0.25) is 0 Å². The summed E-state index contributed by atoms with van der Waals surface area (Å²) in [7, 11) is 5.86. The zero-order valence-electron chi connectivity index (χ0n) is 16.1. The largest absolute Gasteiger partial charge is 0.493 e. The van der Waals surface area contributed by atoms with Crippen molar-refractivity contribution in [3.05, 3.63) is 23.8 Å². The highest BCUT2D eigenvalue weighted by Gasteiger charge is 2.25. The van der Waals surface area contributed by atoms with E-state index in [4.69, 9.17) is 18.9 Å². The fourth-order valence-corrected chi connectivity index (χ4v) is 2.37. The summed E-state index contributed by atoms with van der Waals surface area (Å²) in [6.45, 7) is 3.82. The standard InChI is InChI=1S/C19H27NO6/c1-7-12(2)17(19(22)26-6)20-16(21)9-8-13-10-14(23-3)18(25-5)15(11-13)24-4/h8-12,17H,7H2,1-6H3,(H,20,21)/b9-8+/t12-,17+/m0/s1. The molecular formula is C19H27NO6. The van der Waals surface area contributed by atoms with Crippen molar-refractivity contribution >= 4 is 18.0 Å². The lowest BCUT2D eigenvalue weighted by Gasteiger charge is -2.21. The Balaban J connectivity index is 2.98. The summed E-state index contributed by atoms with van der Waals surface area (Å²) in [4.78, 5) is 24.1. The third-order valence-corrected chi connectivity index (χ3v) is 4.08. The van der Waals surface area contributed by atoms with Crippen LogP contribution in [0.3, 0.4) is 0 Å². The normalized spacial score (nSPS) is 13.0. The average Bonchev–Trinajstić information content (AvgIpc) is 2.68. The van der Waals surface area contributed by atoms with Crippen LogP contribution in [0, 0.1) is 5.92 Å². The summed E-state index contributed by atoms with van der Waals surface area (Å²) >= 11 is 0. The highest BCUT2D eigenvalue weighted by molar-refractivity contribution is 5.94. The monoisotopic (exact) mass is 365 g/mol. The van der Waals surface area contributed by atoms with Crippen LogP contribution < -0.4 is 19.5 Å². The zero-order valence-corrected chi connectivity index (χ0v) is 16.1. The van der Waals surface area contributed by atoms with Crippen LogP contribution in [0.5, 0.6) is 17.2 Å². The van der Waals surface area contributed by atoms with Gasteiger partial charge in [-0.2, -0.15) is 0 Å². The minimum Gasteiger partial charge on any atom is -0.493 e. The molecule has 0 aliphatic carbocycles. The number of ether oxygens (including phenoxy) is 4. The van der Waals surface area contributed by atoms with Gasteiger partial charge in [-0.05, 0) is 29.7 Å². The first kappa shape index (κ1) is 21.3. The van der Waals surface area contributed by atoms with E-state index in [1.807, 2.05) is 13.8 Å².